The summed E-state index contributed by atoms with van der Waals surface area (Å²) in [5.74, 6) is 1.11. The van der Waals surface area contributed by atoms with Crippen LogP contribution in [0.1, 0.15) is 27.2 Å². The Morgan fingerprint density at radius 1 is 1.32 bits per heavy atom. The summed E-state index contributed by atoms with van der Waals surface area (Å²) in [5, 5.41) is 4.43. The molecule has 0 aliphatic heterocycles. The third-order valence-corrected chi connectivity index (χ3v) is 3.14. The van der Waals surface area contributed by atoms with Crippen molar-refractivity contribution in [2.45, 2.75) is 33.7 Å². The summed E-state index contributed by atoms with van der Waals surface area (Å²) >= 11 is 0. The lowest BCUT2D eigenvalue weighted by Crippen LogP contribution is -2.27. The van der Waals surface area contributed by atoms with Crippen LogP contribution in [0.15, 0.2) is 35.1 Å². The molecule has 2 aromatic rings. The van der Waals surface area contributed by atoms with Crippen molar-refractivity contribution < 1.29 is 4.74 Å². The van der Waals surface area contributed by atoms with Crippen LogP contribution >= 0.6 is 0 Å². The molecule has 0 spiro atoms. The second-order valence-electron chi connectivity index (χ2n) is 5.74. The van der Waals surface area contributed by atoms with Crippen LogP contribution in [0.25, 0.3) is 11.3 Å². The Morgan fingerprint density at radius 2 is 2.09 bits per heavy atom. The van der Waals surface area contributed by atoms with Crippen molar-refractivity contribution in [2.24, 2.45) is 5.92 Å². The molecule has 2 N–H and O–H groups in total. The van der Waals surface area contributed by atoms with Crippen LogP contribution in [0.4, 0.5) is 5.69 Å². The quantitative estimate of drug-likeness (QED) is 0.890. The minimum absolute atomic E-state index is 0.213. The lowest BCUT2D eigenvalue weighted by Gasteiger charge is -2.11. The molecular weight excluding hydrogens is 278 g/mol. The molecule has 0 amide bonds. The third kappa shape index (κ3) is 3.87. The van der Waals surface area contributed by atoms with Crippen LogP contribution in [0.2, 0.25) is 0 Å². The maximum atomic E-state index is 12.0. The lowest BCUT2D eigenvalue weighted by atomic mass is 10.1. The van der Waals surface area contributed by atoms with Gasteiger partial charge in [-0.15, -0.1) is 0 Å². The monoisotopic (exact) mass is 301 g/mol. The molecular formula is C17H23N3O2. The van der Waals surface area contributed by atoms with Crippen molar-refractivity contribution in [1.29, 1.82) is 0 Å². The van der Waals surface area contributed by atoms with E-state index in [4.69, 9.17) is 10.5 Å². The second-order valence-corrected chi connectivity index (χ2v) is 5.74. The summed E-state index contributed by atoms with van der Waals surface area (Å²) in [4.78, 5) is 12.0. The second kappa shape index (κ2) is 7.11. The first kappa shape index (κ1) is 16.1. The molecule has 0 saturated carbocycles. The van der Waals surface area contributed by atoms with Crippen LogP contribution in [-0.4, -0.2) is 16.4 Å². The first-order valence-corrected chi connectivity index (χ1v) is 7.62. The third-order valence-electron chi connectivity index (χ3n) is 3.14. The number of nitrogens with two attached hydrogens (primary N) is 1. The molecule has 0 unspecified atom stereocenters. The number of rotatable bonds is 6. The molecule has 2 rings (SSSR count). The van der Waals surface area contributed by atoms with Crippen LogP contribution in [-0.2, 0) is 6.54 Å². The number of hydrogen-bond donors (Lipinski definition) is 1. The van der Waals surface area contributed by atoms with Crippen LogP contribution in [0, 0.1) is 5.92 Å². The first-order chi connectivity index (χ1) is 10.5. The van der Waals surface area contributed by atoms with Crippen LogP contribution in [0.5, 0.6) is 5.75 Å². The minimum atomic E-state index is -0.240. The van der Waals surface area contributed by atoms with Gasteiger partial charge in [0.15, 0.2) is 0 Å². The van der Waals surface area contributed by atoms with E-state index in [0.717, 1.165) is 17.7 Å². The molecule has 0 radical (unpaired) electrons. The van der Waals surface area contributed by atoms with Gasteiger partial charge in [0.25, 0.3) is 5.56 Å². The summed E-state index contributed by atoms with van der Waals surface area (Å²) in [6.07, 6.45) is 0.953. The zero-order chi connectivity index (χ0) is 16.1. The van der Waals surface area contributed by atoms with Gasteiger partial charge in [-0.05, 0) is 30.5 Å². The van der Waals surface area contributed by atoms with Crippen molar-refractivity contribution in [2.75, 3.05) is 12.3 Å². The van der Waals surface area contributed by atoms with Crippen LogP contribution in [0.3, 0.4) is 0 Å². The Labute approximate surface area is 130 Å². The summed E-state index contributed by atoms with van der Waals surface area (Å²) in [7, 11) is 0. The van der Waals surface area contributed by atoms with Gasteiger partial charge in [0.05, 0.1) is 12.3 Å². The van der Waals surface area contributed by atoms with Gasteiger partial charge in [0.1, 0.15) is 11.4 Å². The predicted octanol–water partition coefficient (Wildman–Crippen LogP) is 2.94. The van der Waals surface area contributed by atoms with E-state index in [9.17, 15) is 4.79 Å². The molecule has 0 saturated heterocycles. The average Bonchev–Trinajstić information content (AvgIpc) is 2.49. The Kier molecular flexibility index (Phi) is 5.20. The molecule has 1 heterocycles. The predicted molar refractivity (Wildman–Crippen MR) is 89.0 cm³/mol. The maximum absolute atomic E-state index is 12.0. The van der Waals surface area contributed by atoms with Gasteiger partial charge >= 0.3 is 0 Å². The zero-order valence-corrected chi connectivity index (χ0v) is 13.4. The van der Waals surface area contributed by atoms with E-state index in [2.05, 4.69) is 12.0 Å². The first-order valence-electron chi connectivity index (χ1n) is 7.62. The number of anilines is 1. The average molecular weight is 301 g/mol. The molecule has 0 aliphatic rings. The van der Waals surface area contributed by atoms with Crippen molar-refractivity contribution in [1.82, 2.24) is 9.78 Å². The van der Waals surface area contributed by atoms with Gasteiger partial charge in [0, 0.05) is 12.1 Å². The molecule has 5 heteroatoms. The molecule has 0 atom stereocenters. The number of benzene rings is 1. The Hall–Kier alpha value is -2.30. The van der Waals surface area contributed by atoms with E-state index < -0.39 is 0 Å². The van der Waals surface area contributed by atoms with E-state index in [0.29, 0.717) is 24.8 Å². The number of aromatic nitrogens is 2. The smallest absolute Gasteiger partial charge is 0.289 e. The van der Waals surface area contributed by atoms with E-state index in [-0.39, 0.29) is 11.2 Å². The van der Waals surface area contributed by atoms with Gasteiger partial charge in [0.2, 0.25) is 0 Å². The number of ether oxygens (including phenoxy) is 1. The van der Waals surface area contributed by atoms with Gasteiger partial charge in [-0.3, -0.25) is 4.79 Å². The van der Waals surface area contributed by atoms with Gasteiger partial charge < -0.3 is 10.5 Å². The highest BCUT2D eigenvalue weighted by atomic mass is 16.5. The molecule has 1 aromatic carbocycles. The highest BCUT2D eigenvalue weighted by molar-refractivity contribution is 5.63. The molecule has 1 aromatic heterocycles. The topological polar surface area (TPSA) is 70.1 Å². The van der Waals surface area contributed by atoms with Crippen molar-refractivity contribution in [3.05, 3.63) is 40.7 Å². The normalized spacial score (nSPS) is 10.9. The fourth-order valence-electron chi connectivity index (χ4n) is 2.14. The Balaban J connectivity index is 2.40. The number of nitrogens with zero attached hydrogens (tertiary/aromatic N) is 2. The standard InChI is InChI=1S/C17H23N3O2/c1-4-8-22-14-7-5-6-13(9-14)16-10-15(18)17(21)20(19-16)11-12(2)3/h5-7,9-10,12H,4,8,11,18H2,1-3H3. The van der Waals surface area contributed by atoms with Gasteiger partial charge in [-0.1, -0.05) is 32.9 Å². The molecule has 118 valence electrons. The highest BCUT2D eigenvalue weighted by Crippen LogP contribution is 2.22. The highest BCUT2D eigenvalue weighted by Gasteiger charge is 2.09. The fourth-order valence-corrected chi connectivity index (χ4v) is 2.14. The maximum Gasteiger partial charge on any atom is 0.289 e. The van der Waals surface area contributed by atoms with Gasteiger partial charge in [-0.25, -0.2) is 4.68 Å². The van der Waals surface area contributed by atoms with Crippen molar-refractivity contribution in [3.8, 4) is 17.0 Å². The Morgan fingerprint density at radius 3 is 2.77 bits per heavy atom. The van der Waals surface area contributed by atoms with E-state index in [1.165, 1.54) is 4.68 Å². The molecule has 0 fully saturated rings. The number of hydrogen-bond acceptors (Lipinski definition) is 4. The molecule has 0 aliphatic carbocycles. The zero-order valence-electron chi connectivity index (χ0n) is 13.4. The van der Waals surface area contributed by atoms with E-state index in [1.54, 1.807) is 6.07 Å². The van der Waals surface area contributed by atoms with Gasteiger partial charge in [-0.2, -0.15) is 5.10 Å². The Bertz CT molecular complexity index is 693. The summed E-state index contributed by atoms with van der Waals surface area (Å²) in [6.45, 7) is 7.36. The minimum Gasteiger partial charge on any atom is -0.494 e. The largest absolute Gasteiger partial charge is 0.494 e. The van der Waals surface area contributed by atoms with E-state index in [1.807, 2.05) is 38.1 Å². The summed E-state index contributed by atoms with van der Waals surface area (Å²) in [5.41, 5.74) is 7.39. The summed E-state index contributed by atoms with van der Waals surface area (Å²) < 4.78 is 7.08. The molecule has 5 nitrogen and oxygen atoms in total. The summed E-state index contributed by atoms with van der Waals surface area (Å²) in [6, 6.07) is 9.30. The van der Waals surface area contributed by atoms with E-state index >= 15 is 0 Å². The van der Waals surface area contributed by atoms with Crippen molar-refractivity contribution in [3.63, 3.8) is 0 Å². The number of nitrogen functional groups attached to an aromatic ring is 1. The molecule has 0 bridgehead atoms. The lowest BCUT2D eigenvalue weighted by molar-refractivity contribution is 0.317. The molecule has 22 heavy (non-hydrogen) atoms. The van der Waals surface area contributed by atoms with Crippen molar-refractivity contribution >= 4 is 5.69 Å². The SMILES string of the molecule is CCCOc1cccc(-c2cc(N)c(=O)n(CC(C)C)n2)c1. The fraction of sp³-hybridized carbons (Fsp3) is 0.412. The van der Waals surface area contributed by atoms with Crippen LogP contribution < -0.4 is 16.0 Å².